The zero-order chi connectivity index (χ0) is 12.5. The van der Waals surface area contributed by atoms with Crippen molar-refractivity contribution in [1.82, 2.24) is 25.5 Å². The van der Waals surface area contributed by atoms with E-state index >= 15 is 0 Å². The Bertz CT molecular complexity index is 603. The molecule has 0 aromatic carbocycles. The third kappa shape index (κ3) is 1.72. The highest BCUT2D eigenvalue weighted by molar-refractivity contribution is 8.05. The second-order valence-corrected chi connectivity index (χ2v) is 4.74. The van der Waals surface area contributed by atoms with E-state index in [2.05, 4.69) is 30.9 Å². The van der Waals surface area contributed by atoms with Crippen LogP contribution >= 0.6 is 0 Å². The number of carbonyl (C=O) groups is 1. The van der Waals surface area contributed by atoms with E-state index < -0.39 is 16.7 Å². The number of amides is 1. The van der Waals surface area contributed by atoms with Crippen LogP contribution in [0.25, 0.3) is 0 Å². The first-order valence-corrected chi connectivity index (χ1v) is 6.08. The van der Waals surface area contributed by atoms with Gasteiger partial charge in [-0.3, -0.25) is 10.1 Å². The number of aromatic nitrogens is 4. The van der Waals surface area contributed by atoms with Crippen LogP contribution in [0.5, 0.6) is 0 Å². The average Bonchev–Trinajstić information content (AvgIpc) is 2.98. The fourth-order valence-electron chi connectivity index (χ4n) is 1.50. The highest BCUT2D eigenvalue weighted by atomic mass is 32.2. The van der Waals surface area contributed by atoms with Gasteiger partial charge in [-0.1, -0.05) is 5.10 Å². The van der Waals surface area contributed by atoms with Gasteiger partial charge in [-0.2, -0.15) is 5.21 Å². The van der Waals surface area contributed by atoms with E-state index in [4.69, 9.17) is 0 Å². The summed E-state index contributed by atoms with van der Waals surface area (Å²) in [6.07, 6.45) is 4.88. The van der Waals surface area contributed by atoms with Gasteiger partial charge in [0.2, 0.25) is 5.17 Å². The number of aromatic amines is 1. The number of aliphatic imine (C=N–C) groups is 1. The standard InChI is InChI=1S/C8H7N7O2S/c16-6(10-7-11-13-14-12-7)5-4-15-3-1-2-9-8(15)18(5)17/h1-2,4H,3H2,(H2,10,11,12,13,14,16). The third-order valence-electron chi connectivity index (χ3n) is 2.27. The Morgan fingerprint density at radius 3 is 3.17 bits per heavy atom. The van der Waals surface area contributed by atoms with Crippen molar-refractivity contribution in [3.8, 4) is 0 Å². The normalized spacial score (nSPS) is 21.3. The molecule has 0 saturated carbocycles. The van der Waals surface area contributed by atoms with Crippen LogP contribution in [0.3, 0.4) is 0 Å². The van der Waals surface area contributed by atoms with E-state index in [0.29, 0.717) is 11.7 Å². The highest BCUT2D eigenvalue weighted by Gasteiger charge is 2.33. The summed E-state index contributed by atoms with van der Waals surface area (Å²) in [5, 5.41) is 15.4. The minimum Gasteiger partial charge on any atom is -0.320 e. The van der Waals surface area contributed by atoms with Gasteiger partial charge < -0.3 is 4.90 Å². The Morgan fingerprint density at radius 2 is 2.44 bits per heavy atom. The Morgan fingerprint density at radius 1 is 1.56 bits per heavy atom. The topological polar surface area (TPSA) is 116 Å². The van der Waals surface area contributed by atoms with Crippen molar-refractivity contribution in [3.63, 3.8) is 0 Å². The van der Waals surface area contributed by atoms with Crippen LogP contribution in [0.15, 0.2) is 28.4 Å². The number of nitrogens with one attached hydrogen (secondary N) is 2. The Kier molecular flexibility index (Phi) is 2.48. The maximum Gasteiger partial charge on any atom is 0.270 e. The molecule has 0 aliphatic carbocycles. The lowest BCUT2D eigenvalue weighted by molar-refractivity contribution is -0.112. The predicted octanol–water partition coefficient (Wildman–Crippen LogP) is -1.07. The number of fused-ring (bicyclic) bond motifs is 1. The highest BCUT2D eigenvalue weighted by Crippen LogP contribution is 2.21. The Balaban J connectivity index is 1.81. The van der Waals surface area contributed by atoms with Gasteiger partial charge in [0.05, 0.1) is 0 Å². The zero-order valence-electron chi connectivity index (χ0n) is 8.90. The minimum absolute atomic E-state index is 0.0304. The van der Waals surface area contributed by atoms with Gasteiger partial charge in [0.25, 0.3) is 11.9 Å². The van der Waals surface area contributed by atoms with E-state index in [-0.39, 0.29) is 10.9 Å². The van der Waals surface area contributed by atoms with Crippen LogP contribution in [-0.2, 0) is 15.6 Å². The second-order valence-electron chi connectivity index (χ2n) is 3.40. The maximum atomic E-state index is 12.0. The second kappa shape index (κ2) is 4.14. The summed E-state index contributed by atoms with van der Waals surface area (Å²) < 4.78 is 12.0. The molecule has 1 atom stereocenters. The molecule has 9 nitrogen and oxygen atoms in total. The summed E-state index contributed by atoms with van der Waals surface area (Å²) in [5.41, 5.74) is 0. The largest absolute Gasteiger partial charge is 0.320 e. The van der Waals surface area contributed by atoms with Crippen LogP contribution in [0.4, 0.5) is 5.95 Å². The number of hydrogen-bond donors (Lipinski definition) is 2. The number of nitrogens with zero attached hydrogens (tertiary/aromatic N) is 5. The molecule has 18 heavy (non-hydrogen) atoms. The summed E-state index contributed by atoms with van der Waals surface area (Å²) >= 11 is 0. The van der Waals surface area contributed by atoms with Crippen molar-refractivity contribution in [2.45, 2.75) is 0 Å². The van der Waals surface area contributed by atoms with Crippen molar-refractivity contribution in [2.75, 3.05) is 11.9 Å². The average molecular weight is 265 g/mol. The quantitative estimate of drug-likeness (QED) is 0.703. The SMILES string of the molecule is O=C(Nc1nn[nH]n1)C1=CN2CC=CN=C2S1=O. The van der Waals surface area contributed by atoms with E-state index in [1.165, 1.54) is 6.20 Å². The van der Waals surface area contributed by atoms with Crippen molar-refractivity contribution in [3.05, 3.63) is 23.4 Å². The molecule has 3 heterocycles. The van der Waals surface area contributed by atoms with Gasteiger partial charge in [0.15, 0.2) is 0 Å². The molecule has 2 aliphatic rings. The van der Waals surface area contributed by atoms with Gasteiger partial charge >= 0.3 is 0 Å². The lowest BCUT2D eigenvalue weighted by atomic mass is 10.4. The fourth-order valence-corrected chi connectivity index (χ4v) is 2.64. The van der Waals surface area contributed by atoms with Crippen LogP contribution in [0, 0.1) is 0 Å². The lowest BCUT2D eigenvalue weighted by Crippen LogP contribution is -2.26. The van der Waals surface area contributed by atoms with Gasteiger partial charge in [-0.25, -0.2) is 9.20 Å². The molecule has 0 fully saturated rings. The zero-order valence-corrected chi connectivity index (χ0v) is 9.72. The smallest absolute Gasteiger partial charge is 0.270 e. The van der Waals surface area contributed by atoms with Gasteiger partial charge in [0.1, 0.15) is 15.7 Å². The molecule has 0 saturated heterocycles. The van der Waals surface area contributed by atoms with E-state index in [1.54, 1.807) is 17.2 Å². The van der Waals surface area contributed by atoms with Crippen LogP contribution in [0.2, 0.25) is 0 Å². The summed E-state index contributed by atoms with van der Waals surface area (Å²) in [7, 11) is -1.58. The fraction of sp³-hybridized carbons (Fsp3) is 0.125. The van der Waals surface area contributed by atoms with E-state index in [0.717, 1.165) is 0 Å². The Hall–Kier alpha value is -2.36. The third-order valence-corrected chi connectivity index (χ3v) is 3.63. The molecule has 2 aliphatic heterocycles. The summed E-state index contributed by atoms with van der Waals surface area (Å²) in [5.74, 6) is -0.505. The van der Waals surface area contributed by atoms with Crippen molar-refractivity contribution < 1.29 is 9.00 Å². The summed E-state index contributed by atoms with van der Waals surface area (Å²) in [6, 6.07) is 0. The molecule has 10 heteroatoms. The first-order chi connectivity index (χ1) is 8.75. The van der Waals surface area contributed by atoms with Crippen molar-refractivity contribution >= 4 is 27.8 Å². The molecular weight excluding hydrogens is 258 g/mol. The molecule has 0 radical (unpaired) electrons. The minimum atomic E-state index is -1.58. The molecule has 0 spiro atoms. The number of rotatable bonds is 2. The molecular formula is C8H7N7O2S. The molecule has 0 bridgehead atoms. The van der Waals surface area contributed by atoms with Gasteiger partial charge in [-0.05, 0) is 11.3 Å². The lowest BCUT2D eigenvalue weighted by Gasteiger charge is -2.14. The maximum absolute atomic E-state index is 12.0. The molecule has 1 aromatic heterocycles. The van der Waals surface area contributed by atoms with E-state index in [9.17, 15) is 9.00 Å². The summed E-state index contributed by atoms with van der Waals surface area (Å²) in [4.78, 5) is 17.6. The monoisotopic (exact) mass is 265 g/mol. The van der Waals surface area contributed by atoms with Crippen molar-refractivity contribution in [1.29, 1.82) is 0 Å². The number of H-pyrrole nitrogens is 1. The van der Waals surface area contributed by atoms with Crippen LogP contribution in [-0.4, -0.2) is 47.4 Å². The predicted molar refractivity (Wildman–Crippen MR) is 62.3 cm³/mol. The number of tetrazole rings is 1. The molecule has 2 N–H and O–H groups in total. The molecule has 1 unspecified atom stereocenters. The molecule has 92 valence electrons. The van der Waals surface area contributed by atoms with E-state index in [1.807, 2.05) is 0 Å². The van der Waals surface area contributed by atoms with Crippen LogP contribution in [0.1, 0.15) is 0 Å². The molecule has 3 rings (SSSR count). The van der Waals surface area contributed by atoms with Gasteiger partial charge in [0, 0.05) is 18.9 Å². The number of amidine groups is 1. The number of anilines is 1. The van der Waals surface area contributed by atoms with Crippen LogP contribution < -0.4 is 5.32 Å². The summed E-state index contributed by atoms with van der Waals surface area (Å²) in [6.45, 7) is 0.545. The number of carbonyl (C=O) groups excluding carboxylic acids is 1. The first-order valence-electron chi connectivity index (χ1n) is 4.93. The van der Waals surface area contributed by atoms with Gasteiger partial charge in [-0.15, -0.1) is 5.10 Å². The molecule has 1 aromatic rings. The van der Waals surface area contributed by atoms with Crippen molar-refractivity contribution in [2.24, 2.45) is 4.99 Å². The number of hydrogen-bond acceptors (Lipinski definition) is 7. The first kappa shape index (κ1) is 10.8. The molecule has 1 amide bonds. The Labute approximate surface area is 103 Å².